The van der Waals surface area contributed by atoms with Gasteiger partial charge >= 0.3 is 0 Å². The Bertz CT molecular complexity index is 332. The highest BCUT2D eigenvalue weighted by atomic mass is 16.2. The van der Waals surface area contributed by atoms with Crippen LogP contribution in [-0.4, -0.2) is 24.2 Å². The fraction of sp³-hybridized carbons (Fsp3) is 0.417. The highest BCUT2D eigenvalue weighted by molar-refractivity contribution is 5.94. The van der Waals surface area contributed by atoms with Crippen molar-refractivity contribution in [3.8, 4) is 0 Å². The molecule has 2 rings (SSSR count). The van der Waals surface area contributed by atoms with Crippen LogP contribution >= 0.6 is 0 Å². The highest BCUT2D eigenvalue weighted by Crippen LogP contribution is 2.19. The van der Waals surface area contributed by atoms with Crippen LogP contribution < -0.4 is 5.32 Å². The number of benzene rings is 1. The van der Waals surface area contributed by atoms with Crippen LogP contribution in [0.25, 0.3) is 0 Å². The van der Waals surface area contributed by atoms with E-state index in [2.05, 4.69) is 5.32 Å². The summed E-state index contributed by atoms with van der Waals surface area (Å²) in [6.07, 6.45) is 2.27. The third-order valence-corrected chi connectivity index (χ3v) is 2.19. The Kier molecular flexibility index (Phi) is 4.31. The number of carbonyl (C=O) groups is 1. The first-order chi connectivity index (χ1) is 7.25. The Morgan fingerprint density at radius 1 is 1.40 bits per heavy atom. The second-order valence-corrected chi connectivity index (χ2v) is 3.62. The van der Waals surface area contributed by atoms with Gasteiger partial charge in [-0.25, -0.2) is 0 Å². The van der Waals surface area contributed by atoms with E-state index in [9.17, 15) is 4.79 Å². The minimum Gasteiger partial charge on any atom is -0.400 e. The van der Waals surface area contributed by atoms with Gasteiger partial charge in [-0.3, -0.25) is 4.79 Å². The SMILES string of the molecule is CO.Cc1cccc(C(=O)NC2CC2)c1. The van der Waals surface area contributed by atoms with Crippen molar-refractivity contribution in [3.63, 3.8) is 0 Å². The van der Waals surface area contributed by atoms with Gasteiger partial charge in [0.2, 0.25) is 0 Å². The van der Waals surface area contributed by atoms with Gasteiger partial charge in [-0.05, 0) is 31.9 Å². The molecule has 1 aromatic carbocycles. The predicted molar refractivity (Wildman–Crippen MR) is 59.8 cm³/mol. The highest BCUT2D eigenvalue weighted by Gasteiger charge is 2.23. The summed E-state index contributed by atoms with van der Waals surface area (Å²) in [4.78, 5) is 11.5. The standard InChI is InChI=1S/C11H13NO.CH4O/c1-8-3-2-4-9(7-8)11(13)12-10-5-6-10;1-2/h2-4,7,10H,5-6H2,1H3,(H,12,13);2H,1H3. The van der Waals surface area contributed by atoms with Gasteiger partial charge in [-0.1, -0.05) is 17.7 Å². The van der Waals surface area contributed by atoms with Crippen molar-refractivity contribution in [1.82, 2.24) is 5.32 Å². The van der Waals surface area contributed by atoms with Crippen molar-refractivity contribution >= 4 is 5.91 Å². The summed E-state index contributed by atoms with van der Waals surface area (Å²) in [7, 11) is 1.00. The zero-order chi connectivity index (χ0) is 11.3. The zero-order valence-electron chi connectivity index (χ0n) is 9.16. The Balaban J connectivity index is 0.000000531. The molecule has 3 heteroatoms. The first-order valence-electron chi connectivity index (χ1n) is 5.08. The number of aliphatic hydroxyl groups is 1. The summed E-state index contributed by atoms with van der Waals surface area (Å²) in [5.74, 6) is 0.0613. The van der Waals surface area contributed by atoms with Crippen molar-refractivity contribution in [2.45, 2.75) is 25.8 Å². The van der Waals surface area contributed by atoms with Crippen LogP contribution in [0.4, 0.5) is 0 Å². The molecule has 0 bridgehead atoms. The van der Waals surface area contributed by atoms with E-state index in [1.165, 1.54) is 0 Å². The summed E-state index contributed by atoms with van der Waals surface area (Å²) in [6, 6.07) is 8.11. The van der Waals surface area contributed by atoms with Gasteiger partial charge in [-0.15, -0.1) is 0 Å². The average Bonchev–Trinajstić information content (AvgIpc) is 3.05. The van der Waals surface area contributed by atoms with Gasteiger partial charge in [0, 0.05) is 18.7 Å². The molecule has 1 aliphatic rings. The maximum atomic E-state index is 11.5. The normalized spacial score (nSPS) is 13.8. The lowest BCUT2D eigenvalue weighted by Crippen LogP contribution is -2.25. The number of hydrogen-bond acceptors (Lipinski definition) is 2. The second kappa shape index (κ2) is 5.51. The minimum atomic E-state index is 0.0613. The van der Waals surface area contributed by atoms with E-state index in [0.717, 1.165) is 31.1 Å². The number of carbonyl (C=O) groups excluding carboxylic acids is 1. The van der Waals surface area contributed by atoms with Crippen molar-refractivity contribution in [2.75, 3.05) is 7.11 Å². The lowest BCUT2D eigenvalue weighted by Gasteiger charge is -2.03. The van der Waals surface area contributed by atoms with E-state index in [0.29, 0.717) is 6.04 Å². The number of aryl methyl sites for hydroxylation is 1. The topological polar surface area (TPSA) is 49.3 Å². The maximum absolute atomic E-state index is 11.5. The molecule has 0 saturated heterocycles. The molecule has 82 valence electrons. The molecule has 2 N–H and O–H groups in total. The third kappa shape index (κ3) is 3.72. The molecule has 0 radical (unpaired) electrons. The van der Waals surface area contributed by atoms with E-state index < -0.39 is 0 Å². The Hall–Kier alpha value is -1.35. The van der Waals surface area contributed by atoms with Crippen LogP contribution in [0.2, 0.25) is 0 Å². The smallest absolute Gasteiger partial charge is 0.251 e. The van der Waals surface area contributed by atoms with Crippen molar-refractivity contribution in [1.29, 1.82) is 0 Å². The van der Waals surface area contributed by atoms with Gasteiger partial charge in [-0.2, -0.15) is 0 Å². The quantitative estimate of drug-likeness (QED) is 0.772. The Morgan fingerprint density at radius 3 is 2.60 bits per heavy atom. The van der Waals surface area contributed by atoms with E-state index in [1.807, 2.05) is 31.2 Å². The fourth-order valence-corrected chi connectivity index (χ4v) is 1.28. The molecule has 1 aromatic rings. The number of hydrogen-bond donors (Lipinski definition) is 2. The van der Waals surface area contributed by atoms with Crippen LogP contribution in [0.3, 0.4) is 0 Å². The molecular weight excluding hydrogens is 190 g/mol. The molecule has 0 unspecified atom stereocenters. The Morgan fingerprint density at radius 2 is 2.07 bits per heavy atom. The predicted octanol–water partition coefficient (Wildman–Crippen LogP) is 1.50. The van der Waals surface area contributed by atoms with Crippen LogP contribution in [0.5, 0.6) is 0 Å². The molecule has 3 nitrogen and oxygen atoms in total. The molecule has 0 atom stereocenters. The molecule has 1 aliphatic carbocycles. The van der Waals surface area contributed by atoms with E-state index in [1.54, 1.807) is 0 Å². The molecule has 1 amide bonds. The minimum absolute atomic E-state index is 0.0613. The molecule has 0 spiro atoms. The second-order valence-electron chi connectivity index (χ2n) is 3.62. The summed E-state index contributed by atoms with van der Waals surface area (Å²) in [5, 5.41) is 9.96. The van der Waals surface area contributed by atoms with Crippen LogP contribution in [0.1, 0.15) is 28.8 Å². The maximum Gasteiger partial charge on any atom is 0.251 e. The van der Waals surface area contributed by atoms with Gasteiger partial charge in [0.05, 0.1) is 0 Å². The van der Waals surface area contributed by atoms with E-state index in [4.69, 9.17) is 5.11 Å². The van der Waals surface area contributed by atoms with Gasteiger partial charge in [0.25, 0.3) is 5.91 Å². The number of aliphatic hydroxyl groups excluding tert-OH is 1. The zero-order valence-corrected chi connectivity index (χ0v) is 9.16. The molecular formula is C12H17NO2. The molecule has 0 heterocycles. The molecule has 0 aromatic heterocycles. The summed E-state index contributed by atoms with van der Waals surface area (Å²) < 4.78 is 0. The lowest BCUT2D eigenvalue weighted by atomic mass is 10.1. The van der Waals surface area contributed by atoms with E-state index >= 15 is 0 Å². The van der Waals surface area contributed by atoms with Crippen LogP contribution in [-0.2, 0) is 0 Å². The van der Waals surface area contributed by atoms with Crippen LogP contribution in [0, 0.1) is 6.92 Å². The van der Waals surface area contributed by atoms with Gasteiger partial charge in [0.1, 0.15) is 0 Å². The Labute approximate surface area is 90.1 Å². The largest absolute Gasteiger partial charge is 0.400 e. The van der Waals surface area contributed by atoms with Gasteiger partial charge < -0.3 is 10.4 Å². The van der Waals surface area contributed by atoms with E-state index in [-0.39, 0.29) is 5.91 Å². The summed E-state index contributed by atoms with van der Waals surface area (Å²) >= 11 is 0. The number of amides is 1. The van der Waals surface area contributed by atoms with Crippen molar-refractivity contribution in [3.05, 3.63) is 35.4 Å². The molecule has 1 saturated carbocycles. The number of nitrogens with one attached hydrogen (secondary N) is 1. The molecule has 0 aliphatic heterocycles. The molecule has 15 heavy (non-hydrogen) atoms. The lowest BCUT2D eigenvalue weighted by molar-refractivity contribution is 0.0951. The average molecular weight is 207 g/mol. The molecule has 1 fully saturated rings. The third-order valence-electron chi connectivity index (χ3n) is 2.19. The first-order valence-corrected chi connectivity index (χ1v) is 5.08. The number of rotatable bonds is 2. The van der Waals surface area contributed by atoms with Crippen molar-refractivity contribution in [2.24, 2.45) is 0 Å². The summed E-state index contributed by atoms with van der Waals surface area (Å²) in [5.41, 5.74) is 1.90. The van der Waals surface area contributed by atoms with Crippen molar-refractivity contribution < 1.29 is 9.90 Å². The van der Waals surface area contributed by atoms with Crippen LogP contribution in [0.15, 0.2) is 24.3 Å². The summed E-state index contributed by atoms with van der Waals surface area (Å²) in [6.45, 7) is 1.99. The monoisotopic (exact) mass is 207 g/mol. The fourth-order valence-electron chi connectivity index (χ4n) is 1.28. The van der Waals surface area contributed by atoms with Gasteiger partial charge in [0.15, 0.2) is 0 Å². The first kappa shape index (κ1) is 11.7.